The molecule has 2 aromatic heterocycles. The normalized spacial score (nSPS) is 20.7. The SMILES string of the molecule is C=CC(=O)N1C[C@H](C)N(c2nc(=O)n3c4c(c(-c5cc(Cl)c(F)cc5F)c(Cl)cc24)SC[C@@H]3CN2CCn3c(nnc3C(F)(F)F)C2)C[C@H]1C.S. The van der Waals surface area contributed by atoms with Gasteiger partial charge >= 0.3 is 11.9 Å². The molecule has 0 radical (unpaired) electrons. The van der Waals surface area contributed by atoms with E-state index in [-0.39, 0.29) is 84.7 Å². The van der Waals surface area contributed by atoms with Crippen LogP contribution in [0.4, 0.5) is 27.8 Å². The van der Waals surface area contributed by atoms with Crippen molar-refractivity contribution in [1.82, 2.24) is 34.1 Å². The van der Waals surface area contributed by atoms with Crippen LogP contribution in [-0.2, 0) is 24.1 Å². The second-order valence-corrected chi connectivity index (χ2v) is 14.5. The molecule has 1 saturated heterocycles. The van der Waals surface area contributed by atoms with E-state index in [4.69, 9.17) is 23.2 Å². The van der Waals surface area contributed by atoms with Gasteiger partial charge in [-0.25, -0.2) is 13.6 Å². The minimum Gasteiger partial charge on any atom is -0.349 e. The molecule has 5 heterocycles. The lowest BCUT2D eigenvalue weighted by atomic mass is 10.0. The lowest BCUT2D eigenvalue weighted by Gasteiger charge is -2.45. The predicted octanol–water partition coefficient (Wildman–Crippen LogP) is 6.15. The number of thioether (sulfide) groups is 1. The molecule has 272 valence electrons. The third-order valence-corrected chi connectivity index (χ3v) is 11.3. The number of nitrogens with zero attached hydrogens (tertiary/aromatic N) is 8. The smallest absolute Gasteiger partial charge is 0.349 e. The van der Waals surface area contributed by atoms with Gasteiger partial charge in [0.2, 0.25) is 11.7 Å². The van der Waals surface area contributed by atoms with Crippen molar-refractivity contribution >= 4 is 71.1 Å². The van der Waals surface area contributed by atoms with E-state index < -0.39 is 35.4 Å². The number of hydrogen-bond acceptors (Lipinski definition) is 8. The van der Waals surface area contributed by atoms with Gasteiger partial charge in [0.1, 0.15) is 23.3 Å². The second kappa shape index (κ2) is 13.9. The largest absolute Gasteiger partial charge is 0.451 e. The Bertz CT molecular complexity index is 2130. The Morgan fingerprint density at radius 1 is 1.06 bits per heavy atom. The van der Waals surface area contributed by atoms with E-state index >= 15 is 4.39 Å². The van der Waals surface area contributed by atoms with E-state index in [0.29, 0.717) is 46.5 Å². The molecule has 2 aromatic carbocycles. The Labute approximate surface area is 309 Å². The van der Waals surface area contributed by atoms with Gasteiger partial charge in [0.25, 0.3) is 0 Å². The zero-order chi connectivity index (χ0) is 35.8. The van der Waals surface area contributed by atoms with E-state index in [0.717, 1.165) is 10.6 Å². The van der Waals surface area contributed by atoms with Gasteiger partial charge in [-0.05, 0) is 32.1 Å². The summed E-state index contributed by atoms with van der Waals surface area (Å²) in [5.74, 6) is -2.30. The average Bonchev–Trinajstić information content (AvgIpc) is 3.50. The van der Waals surface area contributed by atoms with Crippen molar-refractivity contribution in [2.75, 3.05) is 36.8 Å². The van der Waals surface area contributed by atoms with Gasteiger partial charge in [0.05, 0.1) is 28.1 Å². The highest BCUT2D eigenvalue weighted by Crippen LogP contribution is 2.49. The number of amides is 1. The molecule has 3 aliphatic heterocycles. The Morgan fingerprint density at radius 3 is 2.51 bits per heavy atom. The van der Waals surface area contributed by atoms with E-state index in [2.05, 4.69) is 21.8 Å². The van der Waals surface area contributed by atoms with Crippen LogP contribution in [0.15, 0.2) is 40.5 Å². The molecular formula is C32H31Cl2F5N8O2S2. The van der Waals surface area contributed by atoms with Gasteiger partial charge in [0.15, 0.2) is 0 Å². The first kappa shape index (κ1) is 37.4. The van der Waals surface area contributed by atoms with Crippen LogP contribution < -0.4 is 10.6 Å². The minimum absolute atomic E-state index is 0. The lowest BCUT2D eigenvalue weighted by molar-refractivity contribution is -0.148. The molecule has 0 spiro atoms. The summed E-state index contributed by atoms with van der Waals surface area (Å²) in [6.07, 6.45) is -3.38. The van der Waals surface area contributed by atoms with Gasteiger partial charge in [-0.1, -0.05) is 29.8 Å². The molecule has 3 atom stereocenters. The minimum atomic E-state index is -4.64. The molecule has 51 heavy (non-hydrogen) atoms. The van der Waals surface area contributed by atoms with Crippen LogP contribution >= 0.6 is 48.5 Å². The maximum atomic E-state index is 15.4. The first-order valence-electron chi connectivity index (χ1n) is 15.7. The molecule has 0 unspecified atom stereocenters. The Balaban J connectivity index is 0.00000448. The van der Waals surface area contributed by atoms with Crippen LogP contribution in [0, 0.1) is 11.6 Å². The lowest BCUT2D eigenvalue weighted by Crippen LogP contribution is -2.58. The summed E-state index contributed by atoms with van der Waals surface area (Å²) in [4.78, 5) is 37.3. The number of carbonyl (C=O) groups is 1. The number of rotatable bonds is 5. The number of aromatic nitrogens is 5. The zero-order valence-corrected chi connectivity index (χ0v) is 30.5. The molecule has 7 rings (SSSR count). The van der Waals surface area contributed by atoms with Gasteiger partial charge in [-0.2, -0.15) is 31.7 Å². The van der Waals surface area contributed by atoms with Crippen molar-refractivity contribution in [2.24, 2.45) is 0 Å². The van der Waals surface area contributed by atoms with Crippen LogP contribution in [0.25, 0.3) is 22.0 Å². The van der Waals surface area contributed by atoms with Gasteiger partial charge in [-0.15, -0.1) is 22.0 Å². The highest BCUT2D eigenvalue weighted by molar-refractivity contribution is 7.99. The first-order chi connectivity index (χ1) is 23.7. The van der Waals surface area contributed by atoms with Crippen LogP contribution in [0.3, 0.4) is 0 Å². The number of benzene rings is 2. The fourth-order valence-corrected chi connectivity index (χ4v) is 8.94. The molecular weight excluding hydrogens is 758 g/mol. The summed E-state index contributed by atoms with van der Waals surface area (Å²) in [5.41, 5.74) is 0.0373. The van der Waals surface area contributed by atoms with Crippen molar-refractivity contribution in [3.8, 4) is 11.1 Å². The number of halogens is 7. The summed E-state index contributed by atoms with van der Waals surface area (Å²) in [5, 5.41) is 7.47. The highest BCUT2D eigenvalue weighted by Gasteiger charge is 2.41. The van der Waals surface area contributed by atoms with Gasteiger partial charge in [-0.3, -0.25) is 14.3 Å². The molecule has 0 bridgehead atoms. The molecule has 1 fully saturated rings. The zero-order valence-electron chi connectivity index (χ0n) is 27.1. The first-order valence-corrected chi connectivity index (χ1v) is 17.4. The van der Waals surface area contributed by atoms with E-state index in [1.54, 1.807) is 11.0 Å². The highest BCUT2D eigenvalue weighted by atomic mass is 35.5. The number of alkyl halides is 3. The summed E-state index contributed by atoms with van der Waals surface area (Å²) < 4.78 is 72.6. The number of carbonyl (C=O) groups excluding carboxylic acids is 1. The Kier molecular flexibility index (Phi) is 10.2. The van der Waals surface area contributed by atoms with Crippen LogP contribution in [0.1, 0.15) is 31.5 Å². The van der Waals surface area contributed by atoms with Crippen molar-refractivity contribution in [3.63, 3.8) is 0 Å². The number of fused-ring (bicyclic) bond motifs is 1. The summed E-state index contributed by atoms with van der Waals surface area (Å²) in [6, 6.07) is 2.41. The van der Waals surface area contributed by atoms with E-state index in [9.17, 15) is 27.2 Å². The third kappa shape index (κ3) is 6.49. The Hall–Kier alpha value is -3.38. The maximum absolute atomic E-state index is 15.4. The van der Waals surface area contributed by atoms with Crippen LogP contribution in [0.2, 0.25) is 10.0 Å². The van der Waals surface area contributed by atoms with Crippen molar-refractivity contribution in [2.45, 2.75) is 56.1 Å². The fourth-order valence-electron chi connectivity index (χ4n) is 7.10. The maximum Gasteiger partial charge on any atom is 0.451 e. The molecule has 0 N–H and O–H groups in total. The Morgan fingerprint density at radius 2 is 1.80 bits per heavy atom. The number of piperazine rings is 1. The van der Waals surface area contributed by atoms with Gasteiger partial charge in [0, 0.05) is 78.0 Å². The van der Waals surface area contributed by atoms with Crippen molar-refractivity contribution < 1.29 is 26.7 Å². The molecule has 10 nitrogen and oxygen atoms in total. The molecule has 19 heteroatoms. The summed E-state index contributed by atoms with van der Waals surface area (Å²) in [7, 11) is 0. The molecule has 0 saturated carbocycles. The predicted molar refractivity (Wildman–Crippen MR) is 190 cm³/mol. The summed E-state index contributed by atoms with van der Waals surface area (Å²) in [6.45, 7) is 8.67. The third-order valence-electron chi connectivity index (χ3n) is 9.43. The van der Waals surface area contributed by atoms with E-state index in [1.807, 2.05) is 23.6 Å². The van der Waals surface area contributed by atoms with Crippen molar-refractivity contribution in [1.29, 1.82) is 0 Å². The molecule has 3 aliphatic rings. The standard InChI is InChI=1S/C32H29Cl2F5N8O2S.H2S/c1-4-25(48)45-10-16(3)46(11-15(45)2)29-19-8-21(34)26(18-7-20(33)23(36)9-22(18)35)28-27(19)47(31(49)40-29)17(14-50-28)12-43-5-6-44-24(13-43)41-42-30(44)32(37,38)39;/h4,7-9,15-17H,1,5-6,10-14H2,2-3H3;1H2/t15-,16+,17+;/m1./s1. The van der Waals surface area contributed by atoms with Gasteiger partial charge < -0.3 is 14.4 Å². The molecule has 0 aliphatic carbocycles. The fraction of sp³-hybridized carbons (Fsp3) is 0.406. The quantitative estimate of drug-likeness (QED) is 0.135. The van der Waals surface area contributed by atoms with Crippen LogP contribution in [0.5, 0.6) is 0 Å². The monoisotopic (exact) mass is 788 g/mol. The molecule has 4 aromatic rings. The number of hydrogen-bond donors (Lipinski definition) is 0. The average molecular weight is 790 g/mol. The topological polar surface area (TPSA) is 92.4 Å². The second-order valence-electron chi connectivity index (χ2n) is 12.6. The summed E-state index contributed by atoms with van der Waals surface area (Å²) >= 11 is 14.3. The molecule has 1 amide bonds. The number of anilines is 1. The van der Waals surface area contributed by atoms with Crippen molar-refractivity contribution in [3.05, 3.63) is 74.7 Å². The van der Waals surface area contributed by atoms with Crippen LogP contribution in [-0.4, -0.2) is 84.0 Å². The van der Waals surface area contributed by atoms with E-state index in [1.165, 1.54) is 22.4 Å².